The highest BCUT2D eigenvalue weighted by molar-refractivity contribution is 6.01. The Labute approximate surface area is 125 Å². The highest BCUT2D eigenvalue weighted by Gasteiger charge is 2.36. The summed E-state index contributed by atoms with van der Waals surface area (Å²) < 4.78 is 5.33. The van der Waals surface area contributed by atoms with Crippen molar-refractivity contribution in [1.29, 1.82) is 0 Å². The standard InChI is InChI=1S/C16H22N2O3/c1-10(2)17-16(20)12-8-15(19)18(9-12)13-7-11(3)5-6-14(13)21-4/h5-7,10,12H,8-9H2,1-4H3,(H,17,20)/t12-/m0/s1. The lowest BCUT2D eigenvalue weighted by molar-refractivity contribution is -0.126. The van der Waals surface area contributed by atoms with Crippen LogP contribution in [0.5, 0.6) is 5.75 Å². The van der Waals surface area contributed by atoms with Crippen LogP contribution in [0, 0.1) is 12.8 Å². The van der Waals surface area contributed by atoms with E-state index in [0.717, 1.165) is 11.3 Å². The zero-order valence-corrected chi connectivity index (χ0v) is 13.0. The summed E-state index contributed by atoms with van der Waals surface area (Å²) in [6, 6.07) is 5.78. The Hall–Kier alpha value is -2.04. The normalized spacial score (nSPS) is 18.2. The Bertz CT molecular complexity index is 554. The molecule has 0 aromatic heterocycles. The molecule has 0 saturated carbocycles. The lowest BCUT2D eigenvalue weighted by Crippen LogP contribution is -2.37. The number of methoxy groups -OCH3 is 1. The van der Waals surface area contributed by atoms with Crippen LogP contribution in [0.2, 0.25) is 0 Å². The third kappa shape index (κ3) is 3.35. The SMILES string of the molecule is COc1ccc(C)cc1N1C[C@@H](C(=O)NC(C)C)CC1=O. The fourth-order valence-electron chi connectivity index (χ4n) is 2.53. The van der Waals surface area contributed by atoms with E-state index < -0.39 is 0 Å². The van der Waals surface area contributed by atoms with Crippen molar-refractivity contribution >= 4 is 17.5 Å². The molecular weight excluding hydrogens is 268 g/mol. The van der Waals surface area contributed by atoms with E-state index >= 15 is 0 Å². The summed E-state index contributed by atoms with van der Waals surface area (Å²) in [6.45, 7) is 6.19. The number of nitrogens with zero attached hydrogens (tertiary/aromatic N) is 1. The highest BCUT2D eigenvalue weighted by Crippen LogP contribution is 2.33. The minimum absolute atomic E-state index is 0.0391. The summed E-state index contributed by atoms with van der Waals surface area (Å²) in [7, 11) is 1.58. The fraction of sp³-hybridized carbons (Fsp3) is 0.500. The Morgan fingerprint density at radius 1 is 1.43 bits per heavy atom. The van der Waals surface area contributed by atoms with E-state index in [9.17, 15) is 9.59 Å². The van der Waals surface area contributed by atoms with E-state index in [1.54, 1.807) is 12.0 Å². The van der Waals surface area contributed by atoms with Crippen molar-refractivity contribution in [1.82, 2.24) is 5.32 Å². The number of carbonyl (C=O) groups is 2. The number of amides is 2. The predicted octanol–water partition coefficient (Wildman–Crippen LogP) is 1.88. The van der Waals surface area contributed by atoms with Crippen LogP contribution in [0.4, 0.5) is 5.69 Å². The highest BCUT2D eigenvalue weighted by atomic mass is 16.5. The molecule has 2 rings (SSSR count). The van der Waals surface area contributed by atoms with Crippen LogP contribution >= 0.6 is 0 Å². The molecule has 0 aliphatic carbocycles. The third-order valence-electron chi connectivity index (χ3n) is 3.55. The van der Waals surface area contributed by atoms with Gasteiger partial charge in [-0.3, -0.25) is 9.59 Å². The number of aryl methyl sites for hydroxylation is 1. The summed E-state index contributed by atoms with van der Waals surface area (Å²) >= 11 is 0. The Morgan fingerprint density at radius 3 is 2.76 bits per heavy atom. The van der Waals surface area contributed by atoms with Gasteiger partial charge in [0.15, 0.2) is 0 Å². The molecule has 0 bridgehead atoms. The van der Waals surface area contributed by atoms with Gasteiger partial charge in [0, 0.05) is 19.0 Å². The number of nitrogens with one attached hydrogen (secondary N) is 1. The van der Waals surface area contributed by atoms with Crippen LogP contribution in [-0.2, 0) is 9.59 Å². The average molecular weight is 290 g/mol. The Balaban J connectivity index is 2.21. The summed E-state index contributed by atoms with van der Waals surface area (Å²) in [4.78, 5) is 26.0. The van der Waals surface area contributed by atoms with Gasteiger partial charge in [-0.25, -0.2) is 0 Å². The van der Waals surface area contributed by atoms with E-state index in [0.29, 0.717) is 12.3 Å². The van der Waals surface area contributed by atoms with Crippen LogP contribution in [0.1, 0.15) is 25.8 Å². The molecule has 0 radical (unpaired) electrons. The van der Waals surface area contributed by atoms with Crippen LogP contribution < -0.4 is 15.0 Å². The first-order valence-corrected chi connectivity index (χ1v) is 7.17. The second-order valence-electron chi connectivity index (χ2n) is 5.74. The molecule has 21 heavy (non-hydrogen) atoms. The second-order valence-corrected chi connectivity index (χ2v) is 5.74. The van der Waals surface area contributed by atoms with E-state index in [1.807, 2.05) is 39.0 Å². The number of rotatable bonds is 4. The lowest BCUT2D eigenvalue weighted by atomic mass is 10.1. The van der Waals surface area contributed by atoms with Gasteiger partial charge in [0.25, 0.3) is 0 Å². The minimum Gasteiger partial charge on any atom is -0.495 e. The molecule has 1 aliphatic heterocycles. The Kier molecular flexibility index (Phi) is 4.50. The molecule has 5 heteroatoms. The van der Waals surface area contributed by atoms with Gasteiger partial charge in [-0.05, 0) is 38.5 Å². The van der Waals surface area contributed by atoms with E-state index in [2.05, 4.69) is 5.32 Å². The van der Waals surface area contributed by atoms with Crippen LogP contribution in [0.3, 0.4) is 0 Å². The van der Waals surface area contributed by atoms with E-state index in [4.69, 9.17) is 4.74 Å². The van der Waals surface area contributed by atoms with Crippen molar-refractivity contribution in [3.8, 4) is 5.75 Å². The second kappa shape index (κ2) is 6.16. The first kappa shape index (κ1) is 15.4. The van der Waals surface area contributed by atoms with E-state index in [-0.39, 0.29) is 30.2 Å². The molecule has 0 spiro atoms. The zero-order valence-electron chi connectivity index (χ0n) is 13.0. The zero-order chi connectivity index (χ0) is 15.6. The van der Waals surface area contributed by atoms with Crippen molar-refractivity contribution in [2.75, 3.05) is 18.6 Å². The summed E-state index contributed by atoms with van der Waals surface area (Å²) in [5.41, 5.74) is 1.79. The number of hydrogen-bond donors (Lipinski definition) is 1. The number of hydrogen-bond acceptors (Lipinski definition) is 3. The smallest absolute Gasteiger partial charge is 0.227 e. The number of ether oxygens (including phenoxy) is 1. The molecule has 1 saturated heterocycles. The number of carbonyl (C=O) groups excluding carboxylic acids is 2. The summed E-state index contributed by atoms with van der Waals surface area (Å²) in [6.07, 6.45) is 0.246. The molecule has 2 amide bonds. The van der Waals surface area contributed by atoms with E-state index in [1.165, 1.54) is 0 Å². The first-order chi connectivity index (χ1) is 9.92. The molecule has 1 atom stereocenters. The monoisotopic (exact) mass is 290 g/mol. The number of benzene rings is 1. The topological polar surface area (TPSA) is 58.6 Å². The number of anilines is 1. The van der Waals surface area contributed by atoms with Crippen molar-refractivity contribution in [2.24, 2.45) is 5.92 Å². The molecule has 1 aromatic rings. The minimum atomic E-state index is -0.301. The lowest BCUT2D eigenvalue weighted by Gasteiger charge is -2.20. The summed E-state index contributed by atoms with van der Waals surface area (Å²) in [5.74, 6) is 0.249. The molecule has 1 aliphatic rings. The quantitative estimate of drug-likeness (QED) is 0.921. The maximum Gasteiger partial charge on any atom is 0.227 e. The van der Waals surface area contributed by atoms with Gasteiger partial charge in [-0.1, -0.05) is 6.07 Å². The molecule has 1 aromatic carbocycles. The molecular formula is C16H22N2O3. The van der Waals surface area contributed by atoms with Crippen LogP contribution in [-0.4, -0.2) is 31.5 Å². The van der Waals surface area contributed by atoms with Gasteiger partial charge in [-0.15, -0.1) is 0 Å². The summed E-state index contributed by atoms with van der Waals surface area (Å²) in [5, 5.41) is 2.87. The molecule has 114 valence electrons. The first-order valence-electron chi connectivity index (χ1n) is 7.17. The molecule has 5 nitrogen and oxygen atoms in total. The maximum absolute atomic E-state index is 12.2. The fourth-order valence-corrected chi connectivity index (χ4v) is 2.53. The largest absolute Gasteiger partial charge is 0.495 e. The van der Waals surface area contributed by atoms with Crippen LogP contribution in [0.25, 0.3) is 0 Å². The van der Waals surface area contributed by atoms with Gasteiger partial charge < -0.3 is 15.0 Å². The predicted molar refractivity (Wildman–Crippen MR) is 81.5 cm³/mol. The van der Waals surface area contributed by atoms with Gasteiger partial charge >= 0.3 is 0 Å². The maximum atomic E-state index is 12.2. The van der Waals surface area contributed by atoms with Gasteiger partial charge in [-0.2, -0.15) is 0 Å². The molecule has 1 heterocycles. The van der Waals surface area contributed by atoms with Gasteiger partial charge in [0.2, 0.25) is 11.8 Å². The molecule has 1 fully saturated rings. The molecule has 1 N–H and O–H groups in total. The van der Waals surface area contributed by atoms with Gasteiger partial charge in [0.05, 0.1) is 18.7 Å². The van der Waals surface area contributed by atoms with Crippen molar-refractivity contribution in [3.05, 3.63) is 23.8 Å². The van der Waals surface area contributed by atoms with Crippen molar-refractivity contribution < 1.29 is 14.3 Å². The molecule has 0 unspecified atom stereocenters. The van der Waals surface area contributed by atoms with Gasteiger partial charge in [0.1, 0.15) is 5.75 Å². The van der Waals surface area contributed by atoms with Crippen LogP contribution in [0.15, 0.2) is 18.2 Å². The average Bonchev–Trinajstić information content (AvgIpc) is 2.80. The van der Waals surface area contributed by atoms with Crippen molar-refractivity contribution in [3.63, 3.8) is 0 Å². The third-order valence-corrected chi connectivity index (χ3v) is 3.55. The Morgan fingerprint density at radius 2 is 2.14 bits per heavy atom. The van der Waals surface area contributed by atoms with Crippen molar-refractivity contribution in [2.45, 2.75) is 33.2 Å².